The summed E-state index contributed by atoms with van der Waals surface area (Å²) in [4.78, 5) is 21.7. The highest BCUT2D eigenvalue weighted by Gasteiger charge is 2.14. The van der Waals surface area contributed by atoms with Gasteiger partial charge >= 0.3 is 0 Å². The normalized spacial score (nSPS) is 15.2. The van der Waals surface area contributed by atoms with E-state index in [1.165, 1.54) is 12.8 Å². The third-order valence-corrected chi connectivity index (χ3v) is 4.47. The lowest BCUT2D eigenvalue weighted by Crippen LogP contribution is -2.44. The summed E-state index contributed by atoms with van der Waals surface area (Å²) in [5.41, 5.74) is 3.46. The number of likely N-dealkylation sites (N-methyl/N-ethyl adjacent to an activating group) is 1. The number of nitrogens with zero attached hydrogens (tertiary/aromatic N) is 3. The van der Waals surface area contributed by atoms with Crippen LogP contribution in [0, 0.1) is 0 Å². The van der Waals surface area contributed by atoms with Gasteiger partial charge in [-0.25, -0.2) is 0 Å². The molecule has 26 heavy (non-hydrogen) atoms. The minimum atomic E-state index is -0.132. The molecule has 1 aliphatic rings. The standard InChI is InChI=1S/C20H24N4O2/c1-23-11-13-24(14-12-23)19-9-7-18(8-10-19)22-20(25)17-5-3-16(4-6-17)15-21-26-2/h3-10,15H,11-14H2,1-2H3,(H,22,25)/b21-15+. The van der Waals surface area contributed by atoms with Crippen LogP contribution in [0.4, 0.5) is 11.4 Å². The van der Waals surface area contributed by atoms with Gasteiger partial charge in [0.2, 0.25) is 0 Å². The van der Waals surface area contributed by atoms with Crippen molar-refractivity contribution >= 4 is 23.5 Å². The number of nitrogens with one attached hydrogen (secondary N) is 1. The Hall–Kier alpha value is -2.86. The van der Waals surface area contributed by atoms with E-state index in [-0.39, 0.29) is 5.91 Å². The molecule has 0 atom stereocenters. The molecule has 0 unspecified atom stereocenters. The third-order valence-electron chi connectivity index (χ3n) is 4.47. The Kier molecular flexibility index (Phi) is 5.86. The quantitative estimate of drug-likeness (QED) is 0.664. The second-order valence-corrected chi connectivity index (χ2v) is 6.33. The van der Waals surface area contributed by atoms with Crippen molar-refractivity contribution in [1.29, 1.82) is 0 Å². The number of oxime groups is 1. The van der Waals surface area contributed by atoms with Crippen molar-refractivity contribution in [3.05, 3.63) is 59.7 Å². The molecular weight excluding hydrogens is 328 g/mol. The minimum absolute atomic E-state index is 0.132. The molecule has 0 bridgehead atoms. The maximum atomic E-state index is 12.4. The fourth-order valence-corrected chi connectivity index (χ4v) is 2.86. The highest BCUT2D eigenvalue weighted by atomic mass is 16.6. The van der Waals surface area contributed by atoms with Crippen molar-refractivity contribution in [2.75, 3.05) is 50.6 Å². The van der Waals surface area contributed by atoms with Crippen LogP contribution >= 0.6 is 0 Å². The van der Waals surface area contributed by atoms with Gasteiger partial charge in [-0.3, -0.25) is 4.79 Å². The van der Waals surface area contributed by atoms with Crippen LogP contribution in [0.1, 0.15) is 15.9 Å². The summed E-state index contributed by atoms with van der Waals surface area (Å²) in [5, 5.41) is 6.64. The second kappa shape index (κ2) is 8.49. The van der Waals surface area contributed by atoms with Crippen molar-refractivity contribution in [3.8, 4) is 0 Å². The largest absolute Gasteiger partial charge is 0.399 e. The van der Waals surface area contributed by atoms with E-state index in [1.54, 1.807) is 18.3 Å². The number of carbonyl (C=O) groups is 1. The fourth-order valence-electron chi connectivity index (χ4n) is 2.86. The number of rotatable bonds is 5. The molecule has 1 heterocycles. The molecule has 0 aromatic heterocycles. The van der Waals surface area contributed by atoms with Gasteiger partial charge in [0.05, 0.1) is 6.21 Å². The summed E-state index contributed by atoms with van der Waals surface area (Å²) in [5.74, 6) is -0.132. The number of hydrogen-bond donors (Lipinski definition) is 1. The van der Waals surface area contributed by atoms with Crippen LogP contribution in [0.2, 0.25) is 0 Å². The Balaban J connectivity index is 1.60. The summed E-state index contributed by atoms with van der Waals surface area (Å²) in [7, 11) is 3.64. The summed E-state index contributed by atoms with van der Waals surface area (Å²) < 4.78 is 0. The van der Waals surface area contributed by atoms with Crippen LogP contribution < -0.4 is 10.2 Å². The van der Waals surface area contributed by atoms with Gasteiger partial charge in [0, 0.05) is 43.1 Å². The average Bonchev–Trinajstić information content (AvgIpc) is 2.68. The fraction of sp³-hybridized carbons (Fsp3) is 0.300. The molecule has 3 rings (SSSR count). The van der Waals surface area contributed by atoms with Crippen LogP contribution in [0.15, 0.2) is 53.7 Å². The van der Waals surface area contributed by atoms with Crippen molar-refractivity contribution in [2.45, 2.75) is 0 Å². The molecule has 1 saturated heterocycles. The van der Waals surface area contributed by atoms with E-state index in [0.717, 1.165) is 37.4 Å². The van der Waals surface area contributed by atoms with E-state index in [0.29, 0.717) is 5.56 Å². The Morgan fingerprint density at radius 1 is 1.04 bits per heavy atom. The van der Waals surface area contributed by atoms with Crippen LogP contribution in [-0.4, -0.2) is 57.4 Å². The molecule has 6 heteroatoms. The van der Waals surface area contributed by atoms with Gasteiger partial charge in [0.25, 0.3) is 5.91 Å². The molecule has 0 saturated carbocycles. The predicted octanol–water partition coefficient (Wildman–Crippen LogP) is 2.67. The maximum absolute atomic E-state index is 12.4. The lowest BCUT2D eigenvalue weighted by Gasteiger charge is -2.34. The number of piperazine rings is 1. The molecule has 1 aliphatic heterocycles. The molecule has 1 fully saturated rings. The van der Waals surface area contributed by atoms with Gasteiger partial charge in [-0.2, -0.15) is 0 Å². The van der Waals surface area contributed by atoms with E-state index in [4.69, 9.17) is 0 Å². The second-order valence-electron chi connectivity index (χ2n) is 6.33. The molecule has 136 valence electrons. The number of anilines is 2. The van der Waals surface area contributed by atoms with Crippen LogP contribution in [0.5, 0.6) is 0 Å². The number of hydrogen-bond acceptors (Lipinski definition) is 5. The maximum Gasteiger partial charge on any atom is 0.255 e. The molecule has 2 aromatic rings. The van der Waals surface area contributed by atoms with Crippen molar-refractivity contribution in [1.82, 2.24) is 4.90 Å². The Morgan fingerprint density at radius 3 is 2.31 bits per heavy atom. The first-order valence-electron chi connectivity index (χ1n) is 8.67. The zero-order valence-corrected chi connectivity index (χ0v) is 15.2. The van der Waals surface area contributed by atoms with Gasteiger partial charge < -0.3 is 20.0 Å². The Labute approximate surface area is 154 Å². The molecule has 1 amide bonds. The average molecular weight is 352 g/mol. The lowest BCUT2D eigenvalue weighted by molar-refractivity contribution is 0.102. The number of amides is 1. The van der Waals surface area contributed by atoms with E-state index in [2.05, 4.69) is 44.3 Å². The Bertz CT molecular complexity index is 748. The molecule has 1 N–H and O–H groups in total. The lowest BCUT2D eigenvalue weighted by atomic mass is 10.1. The molecular formula is C20H24N4O2. The summed E-state index contributed by atoms with van der Waals surface area (Å²) in [6, 6.07) is 15.2. The van der Waals surface area contributed by atoms with Crippen molar-refractivity contribution in [3.63, 3.8) is 0 Å². The monoisotopic (exact) mass is 352 g/mol. The molecule has 0 radical (unpaired) electrons. The molecule has 2 aromatic carbocycles. The predicted molar refractivity (Wildman–Crippen MR) is 105 cm³/mol. The van der Waals surface area contributed by atoms with E-state index < -0.39 is 0 Å². The molecule has 6 nitrogen and oxygen atoms in total. The van der Waals surface area contributed by atoms with Crippen LogP contribution in [0.3, 0.4) is 0 Å². The highest BCUT2D eigenvalue weighted by molar-refractivity contribution is 6.04. The minimum Gasteiger partial charge on any atom is -0.399 e. The first-order valence-corrected chi connectivity index (χ1v) is 8.67. The smallest absolute Gasteiger partial charge is 0.255 e. The zero-order chi connectivity index (χ0) is 18.4. The van der Waals surface area contributed by atoms with Crippen molar-refractivity contribution in [2.24, 2.45) is 5.16 Å². The SMILES string of the molecule is CO/N=C/c1ccc(C(=O)Nc2ccc(N3CCN(C)CC3)cc2)cc1. The number of carbonyl (C=O) groups excluding carboxylic acids is 1. The Morgan fingerprint density at radius 2 is 1.69 bits per heavy atom. The molecule has 0 aliphatic carbocycles. The third kappa shape index (κ3) is 4.61. The highest BCUT2D eigenvalue weighted by Crippen LogP contribution is 2.20. The van der Waals surface area contributed by atoms with Gasteiger partial charge in [-0.15, -0.1) is 0 Å². The first kappa shape index (κ1) is 17.9. The summed E-state index contributed by atoms with van der Waals surface area (Å²) >= 11 is 0. The van der Waals surface area contributed by atoms with Crippen molar-refractivity contribution < 1.29 is 9.63 Å². The van der Waals surface area contributed by atoms with Gasteiger partial charge in [-0.1, -0.05) is 17.3 Å². The number of benzene rings is 2. The van der Waals surface area contributed by atoms with Gasteiger partial charge in [0.15, 0.2) is 0 Å². The van der Waals surface area contributed by atoms with E-state index in [1.807, 2.05) is 24.3 Å². The van der Waals surface area contributed by atoms with Crippen LogP contribution in [0.25, 0.3) is 0 Å². The van der Waals surface area contributed by atoms with Gasteiger partial charge in [-0.05, 0) is 49.0 Å². The zero-order valence-electron chi connectivity index (χ0n) is 15.2. The summed E-state index contributed by atoms with van der Waals surface area (Å²) in [6.07, 6.45) is 1.60. The first-order chi connectivity index (χ1) is 12.7. The molecule has 0 spiro atoms. The van der Waals surface area contributed by atoms with E-state index in [9.17, 15) is 4.79 Å². The van der Waals surface area contributed by atoms with Gasteiger partial charge in [0.1, 0.15) is 7.11 Å². The van der Waals surface area contributed by atoms with Crippen LogP contribution in [-0.2, 0) is 4.84 Å². The topological polar surface area (TPSA) is 57.2 Å². The summed E-state index contributed by atoms with van der Waals surface area (Å²) in [6.45, 7) is 4.20. The van der Waals surface area contributed by atoms with E-state index >= 15 is 0 Å².